The highest BCUT2D eigenvalue weighted by atomic mass is 15.2. The van der Waals surface area contributed by atoms with E-state index < -0.39 is 0 Å². The van der Waals surface area contributed by atoms with Crippen LogP contribution in [0.1, 0.15) is 32.1 Å². The summed E-state index contributed by atoms with van der Waals surface area (Å²) in [6.45, 7) is 0. The van der Waals surface area contributed by atoms with E-state index >= 15 is 0 Å². The molecular formula is C42H34N2. The van der Waals surface area contributed by atoms with Crippen LogP contribution in [0.4, 0.5) is 0 Å². The minimum Gasteiger partial charge on any atom is -0.338 e. The predicted molar refractivity (Wildman–Crippen MR) is 189 cm³/mol. The van der Waals surface area contributed by atoms with Crippen LogP contribution in [0.25, 0.3) is 59.8 Å². The summed E-state index contributed by atoms with van der Waals surface area (Å²) in [4.78, 5) is 2.59. The maximum absolute atomic E-state index is 2.59. The highest BCUT2D eigenvalue weighted by Crippen LogP contribution is 2.45. The average molecular weight is 567 g/mol. The summed E-state index contributed by atoms with van der Waals surface area (Å²) in [7, 11) is 0. The van der Waals surface area contributed by atoms with Gasteiger partial charge in [0.15, 0.2) is 0 Å². The quantitative estimate of drug-likeness (QED) is 0.193. The van der Waals surface area contributed by atoms with Gasteiger partial charge in [0.05, 0.1) is 17.1 Å². The van der Waals surface area contributed by atoms with Gasteiger partial charge in [0.1, 0.15) is 0 Å². The topological polar surface area (TPSA) is 8.17 Å². The number of hydrogen-bond donors (Lipinski definition) is 0. The second-order valence-corrected chi connectivity index (χ2v) is 12.2. The molecule has 44 heavy (non-hydrogen) atoms. The van der Waals surface area contributed by atoms with Gasteiger partial charge in [-0.25, -0.2) is 0 Å². The van der Waals surface area contributed by atoms with Gasteiger partial charge in [0.2, 0.25) is 0 Å². The van der Waals surface area contributed by atoms with E-state index in [2.05, 4.69) is 149 Å². The first-order valence-electron chi connectivity index (χ1n) is 16.0. The fourth-order valence-electron chi connectivity index (χ4n) is 7.85. The first-order valence-corrected chi connectivity index (χ1v) is 16.0. The molecule has 5 aromatic carbocycles. The molecule has 6 aromatic rings. The lowest BCUT2D eigenvalue weighted by Crippen LogP contribution is -2.33. The van der Waals surface area contributed by atoms with Gasteiger partial charge in [0.25, 0.3) is 0 Å². The standard InChI is InChI=1S/C42H34N2/c1-3-14-30(15-4-1)43(31-16-5-2-6-17-31)32-24-26-33(27-25-32)44-39-28-23-29-13-7-8-18-34(29)40(39)41-37-21-11-9-19-35(37)36-20-10-12-22-38(36)42(41)44/h1,3-5,7-14,16-24,26,28,30H,2,6,15,25,27H2. The zero-order valence-electron chi connectivity index (χ0n) is 24.8. The molecule has 0 fully saturated rings. The Bertz CT molecular complexity index is 2320. The molecule has 3 aliphatic rings. The minimum atomic E-state index is 0.352. The van der Waals surface area contributed by atoms with Crippen molar-refractivity contribution in [1.82, 2.24) is 9.47 Å². The lowest BCUT2D eigenvalue weighted by molar-refractivity contribution is 0.356. The summed E-state index contributed by atoms with van der Waals surface area (Å²) in [6.07, 6.45) is 26.2. The summed E-state index contributed by atoms with van der Waals surface area (Å²) in [5.74, 6) is 0. The van der Waals surface area contributed by atoms with Gasteiger partial charge >= 0.3 is 0 Å². The Morgan fingerprint density at radius 2 is 1.41 bits per heavy atom. The van der Waals surface area contributed by atoms with Crippen molar-refractivity contribution in [2.24, 2.45) is 0 Å². The van der Waals surface area contributed by atoms with Gasteiger partial charge in [0, 0.05) is 33.2 Å². The molecule has 2 heteroatoms. The Balaban J connectivity index is 1.32. The van der Waals surface area contributed by atoms with Crippen LogP contribution < -0.4 is 0 Å². The largest absolute Gasteiger partial charge is 0.338 e. The van der Waals surface area contributed by atoms with E-state index in [9.17, 15) is 0 Å². The zero-order chi connectivity index (χ0) is 29.0. The number of rotatable bonds is 4. The molecule has 212 valence electrons. The van der Waals surface area contributed by atoms with E-state index in [-0.39, 0.29) is 0 Å². The van der Waals surface area contributed by atoms with Crippen molar-refractivity contribution in [3.05, 3.63) is 151 Å². The Labute approximate surface area is 257 Å². The van der Waals surface area contributed by atoms with Crippen molar-refractivity contribution in [1.29, 1.82) is 0 Å². The van der Waals surface area contributed by atoms with Gasteiger partial charge in [-0.2, -0.15) is 0 Å². The van der Waals surface area contributed by atoms with Crippen LogP contribution in [0.15, 0.2) is 151 Å². The number of benzene rings is 5. The van der Waals surface area contributed by atoms with Crippen molar-refractivity contribution in [3.8, 4) is 0 Å². The number of allylic oxidation sites excluding steroid dienone is 9. The molecule has 0 saturated carbocycles. The van der Waals surface area contributed by atoms with Gasteiger partial charge in [-0.3, -0.25) is 0 Å². The average Bonchev–Trinajstić information content (AvgIpc) is 3.46. The first-order chi connectivity index (χ1) is 21.9. The maximum Gasteiger partial charge on any atom is 0.0622 e. The molecule has 0 bridgehead atoms. The second-order valence-electron chi connectivity index (χ2n) is 12.2. The minimum absolute atomic E-state index is 0.352. The second kappa shape index (κ2) is 10.3. The predicted octanol–water partition coefficient (Wildman–Crippen LogP) is 11.2. The van der Waals surface area contributed by atoms with Crippen LogP contribution in [0.5, 0.6) is 0 Å². The van der Waals surface area contributed by atoms with Crippen molar-refractivity contribution >= 4 is 59.8 Å². The molecule has 1 heterocycles. The molecule has 9 rings (SSSR count). The van der Waals surface area contributed by atoms with Gasteiger partial charge in [-0.05, 0) is 83.3 Å². The third-order valence-corrected chi connectivity index (χ3v) is 9.77. The van der Waals surface area contributed by atoms with Crippen LogP contribution in [-0.2, 0) is 0 Å². The Morgan fingerprint density at radius 3 is 2.16 bits per heavy atom. The van der Waals surface area contributed by atoms with Crippen LogP contribution in [0.3, 0.4) is 0 Å². The molecule has 2 nitrogen and oxygen atoms in total. The Hall–Kier alpha value is -5.08. The summed E-state index contributed by atoms with van der Waals surface area (Å²) in [6, 6.07) is 31.8. The molecule has 0 N–H and O–H groups in total. The summed E-state index contributed by atoms with van der Waals surface area (Å²) in [5.41, 5.74) is 6.71. The van der Waals surface area contributed by atoms with Crippen LogP contribution in [0, 0.1) is 0 Å². The van der Waals surface area contributed by atoms with Crippen LogP contribution >= 0.6 is 0 Å². The highest BCUT2D eigenvalue weighted by molar-refractivity contribution is 6.36. The smallest absolute Gasteiger partial charge is 0.0622 e. The lowest BCUT2D eigenvalue weighted by atomic mass is 9.95. The van der Waals surface area contributed by atoms with Crippen molar-refractivity contribution in [3.63, 3.8) is 0 Å². The molecule has 1 aromatic heterocycles. The molecule has 1 atom stereocenters. The monoisotopic (exact) mass is 566 g/mol. The van der Waals surface area contributed by atoms with E-state index in [4.69, 9.17) is 0 Å². The van der Waals surface area contributed by atoms with Crippen molar-refractivity contribution < 1.29 is 0 Å². The molecule has 0 radical (unpaired) electrons. The van der Waals surface area contributed by atoms with Gasteiger partial charge < -0.3 is 9.47 Å². The van der Waals surface area contributed by atoms with E-state index in [0.29, 0.717) is 6.04 Å². The third-order valence-electron chi connectivity index (χ3n) is 9.77. The third kappa shape index (κ3) is 3.87. The van der Waals surface area contributed by atoms with Gasteiger partial charge in [-0.15, -0.1) is 0 Å². The highest BCUT2D eigenvalue weighted by Gasteiger charge is 2.26. The number of nitrogens with zero attached hydrogens (tertiary/aromatic N) is 2. The normalized spacial score (nSPS) is 18.4. The van der Waals surface area contributed by atoms with Crippen LogP contribution in [-0.4, -0.2) is 15.5 Å². The molecule has 3 aliphatic carbocycles. The number of fused-ring (bicyclic) bond motifs is 10. The van der Waals surface area contributed by atoms with E-state index in [0.717, 1.165) is 32.1 Å². The van der Waals surface area contributed by atoms with E-state index in [1.54, 1.807) is 0 Å². The van der Waals surface area contributed by atoms with Crippen molar-refractivity contribution in [2.75, 3.05) is 0 Å². The molecule has 0 saturated heterocycles. The summed E-state index contributed by atoms with van der Waals surface area (Å²) in [5, 5.41) is 10.6. The van der Waals surface area contributed by atoms with E-state index in [1.165, 1.54) is 71.2 Å². The molecule has 1 unspecified atom stereocenters. The number of aromatic nitrogens is 1. The molecule has 0 spiro atoms. The lowest BCUT2D eigenvalue weighted by Gasteiger charge is -2.37. The zero-order valence-corrected chi connectivity index (χ0v) is 24.8. The first kappa shape index (κ1) is 25.4. The Kier molecular flexibility index (Phi) is 5.94. The molecule has 0 amide bonds. The fourth-order valence-corrected chi connectivity index (χ4v) is 7.85. The molecular weight excluding hydrogens is 532 g/mol. The van der Waals surface area contributed by atoms with Gasteiger partial charge in [-0.1, -0.05) is 115 Å². The van der Waals surface area contributed by atoms with Crippen LogP contribution in [0.2, 0.25) is 0 Å². The fraction of sp³-hybridized carbons (Fsp3) is 0.143. The SMILES string of the molecule is C1=CCC(N(C2=CCCC=C2)C2=CC=C(n3c4ccc5ccccc5c4c4c5ccccc5c5ccccc5c43)CC2)C=C1. The molecule has 0 aliphatic heterocycles. The summed E-state index contributed by atoms with van der Waals surface area (Å²) < 4.78 is 2.59. The number of hydrogen-bond acceptors (Lipinski definition) is 1. The Morgan fingerprint density at radius 1 is 0.636 bits per heavy atom. The maximum atomic E-state index is 2.59. The summed E-state index contributed by atoms with van der Waals surface area (Å²) >= 11 is 0. The van der Waals surface area contributed by atoms with E-state index in [1.807, 2.05) is 0 Å². The van der Waals surface area contributed by atoms with Crippen molar-refractivity contribution in [2.45, 2.75) is 38.1 Å².